The Labute approximate surface area is 85.9 Å². The summed E-state index contributed by atoms with van der Waals surface area (Å²) in [4.78, 5) is 13.7. The van der Waals surface area contributed by atoms with Crippen molar-refractivity contribution >= 4 is 11.1 Å². The van der Waals surface area contributed by atoms with Gasteiger partial charge in [-0.3, -0.25) is 4.98 Å². The second kappa shape index (κ2) is 2.45. The molecule has 1 aliphatic heterocycles. The van der Waals surface area contributed by atoms with Gasteiger partial charge >= 0.3 is 5.76 Å². The highest BCUT2D eigenvalue weighted by molar-refractivity contribution is 5.79. The molecule has 0 spiro atoms. The van der Waals surface area contributed by atoms with E-state index in [2.05, 4.69) is 4.98 Å². The standard InChI is InChI=1S/C11H11NO3/c1-11(2)5-6-8(15-11)4-3-7-9(6)14-10(13)12-7/h3-4H,5H2,1-2H3,(H,12,13). The fraction of sp³-hybridized carbons (Fsp3) is 0.364. The average Bonchev–Trinajstić information content (AvgIpc) is 2.62. The second-order valence-electron chi connectivity index (χ2n) is 4.47. The maximum absolute atomic E-state index is 11.1. The van der Waals surface area contributed by atoms with Crippen molar-refractivity contribution in [1.29, 1.82) is 0 Å². The number of fused-ring (bicyclic) bond motifs is 3. The van der Waals surface area contributed by atoms with Crippen molar-refractivity contribution in [2.45, 2.75) is 25.9 Å². The number of H-pyrrole nitrogens is 1. The van der Waals surface area contributed by atoms with Crippen LogP contribution in [-0.4, -0.2) is 10.6 Å². The van der Waals surface area contributed by atoms with Gasteiger partial charge in [0.25, 0.3) is 0 Å². The molecule has 4 heteroatoms. The number of aromatic amines is 1. The number of hydrogen-bond donors (Lipinski definition) is 1. The van der Waals surface area contributed by atoms with Gasteiger partial charge in [0.2, 0.25) is 0 Å². The van der Waals surface area contributed by atoms with Crippen molar-refractivity contribution in [3.05, 3.63) is 28.2 Å². The molecule has 0 radical (unpaired) electrons. The summed E-state index contributed by atoms with van der Waals surface area (Å²) >= 11 is 0. The van der Waals surface area contributed by atoms with Gasteiger partial charge in [0, 0.05) is 12.0 Å². The zero-order valence-electron chi connectivity index (χ0n) is 8.59. The van der Waals surface area contributed by atoms with Crippen LogP contribution in [-0.2, 0) is 6.42 Å². The first-order valence-corrected chi connectivity index (χ1v) is 4.89. The van der Waals surface area contributed by atoms with E-state index in [-0.39, 0.29) is 5.60 Å². The molecule has 0 unspecified atom stereocenters. The van der Waals surface area contributed by atoms with Crippen molar-refractivity contribution in [2.24, 2.45) is 0 Å². The van der Waals surface area contributed by atoms with E-state index < -0.39 is 5.76 Å². The van der Waals surface area contributed by atoms with Crippen LogP contribution < -0.4 is 10.5 Å². The molecule has 1 aromatic carbocycles. The minimum atomic E-state index is -0.414. The van der Waals surface area contributed by atoms with Gasteiger partial charge in [-0.1, -0.05) is 0 Å². The molecule has 3 rings (SSSR count). The van der Waals surface area contributed by atoms with E-state index in [1.54, 1.807) is 6.07 Å². The highest BCUT2D eigenvalue weighted by atomic mass is 16.5. The van der Waals surface area contributed by atoms with Crippen LogP contribution in [0.5, 0.6) is 5.75 Å². The fourth-order valence-electron chi connectivity index (χ4n) is 2.08. The molecule has 2 aromatic rings. The molecule has 0 saturated heterocycles. The van der Waals surface area contributed by atoms with Crippen LogP contribution in [0.2, 0.25) is 0 Å². The van der Waals surface area contributed by atoms with Gasteiger partial charge in [-0.2, -0.15) is 0 Å². The van der Waals surface area contributed by atoms with Crippen molar-refractivity contribution < 1.29 is 9.15 Å². The number of aromatic nitrogens is 1. The maximum Gasteiger partial charge on any atom is 0.417 e. The first-order chi connectivity index (χ1) is 7.05. The third-order valence-corrected chi connectivity index (χ3v) is 2.64. The summed E-state index contributed by atoms with van der Waals surface area (Å²) in [6, 6.07) is 3.68. The Morgan fingerprint density at radius 2 is 2.20 bits per heavy atom. The highest BCUT2D eigenvalue weighted by Gasteiger charge is 2.32. The second-order valence-corrected chi connectivity index (χ2v) is 4.47. The lowest BCUT2D eigenvalue weighted by atomic mass is 10.0. The molecule has 1 aromatic heterocycles. The molecule has 15 heavy (non-hydrogen) atoms. The highest BCUT2D eigenvalue weighted by Crippen LogP contribution is 2.38. The van der Waals surface area contributed by atoms with Crippen LogP contribution in [0.4, 0.5) is 0 Å². The summed E-state index contributed by atoms with van der Waals surface area (Å²) in [6.45, 7) is 4.03. The topological polar surface area (TPSA) is 55.2 Å². The fourth-order valence-corrected chi connectivity index (χ4v) is 2.08. The van der Waals surface area contributed by atoms with Crippen molar-refractivity contribution in [3.63, 3.8) is 0 Å². The summed E-state index contributed by atoms with van der Waals surface area (Å²) < 4.78 is 10.8. The van der Waals surface area contributed by atoms with E-state index in [0.717, 1.165) is 23.3 Å². The first-order valence-electron chi connectivity index (χ1n) is 4.89. The van der Waals surface area contributed by atoms with Crippen molar-refractivity contribution in [3.8, 4) is 5.75 Å². The van der Waals surface area contributed by atoms with Crippen molar-refractivity contribution in [1.82, 2.24) is 4.98 Å². The Hall–Kier alpha value is -1.71. The Morgan fingerprint density at radius 1 is 1.40 bits per heavy atom. The Balaban J connectivity index is 2.33. The zero-order valence-corrected chi connectivity index (χ0v) is 8.59. The summed E-state index contributed by atoms with van der Waals surface area (Å²) in [5.74, 6) is 0.401. The van der Waals surface area contributed by atoms with E-state index >= 15 is 0 Å². The zero-order chi connectivity index (χ0) is 10.6. The Bertz CT molecular complexity index is 591. The molecule has 0 amide bonds. The van der Waals surface area contributed by atoms with E-state index in [0.29, 0.717) is 5.58 Å². The normalized spacial score (nSPS) is 17.7. The van der Waals surface area contributed by atoms with E-state index in [1.807, 2.05) is 19.9 Å². The van der Waals surface area contributed by atoms with Crippen LogP contribution >= 0.6 is 0 Å². The molecular formula is C11H11NO3. The van der Waals surface area contributed by atoms with E-state index in [4.69, 9.17) is 9.15 Å². The molecule has 0 saturated carbocycles. The summed E-state index contributed by atoms with van der Waals surface area (Å²) in [6.07, 6.45) is 0.764. The van der Waals surface area contributed by atoms with Gasteiger partial charge in [-0.25, -0.2) is 4.79 Å². The quantitative estimate of drug-likeness (QED) is 0.713. The number of rotatable bonds is 0. The molecule has 1 N–H and O–H groups in total. The predicted molar refractivity (Wildman–Crippen MR) is 55.2 cm³/mol. The predicted octanol–water partition coefficient (Wildman–Crippen LogP) is 1.83. The smallest absolute Gasteiger partial charge is 0.417 e. The first kappa shape index (κ1) is 8.59. The van der Waals surface area contributed by atoms with Gasteiger partial charge < -0.3 is 9.15 Å². The molecular weight excluding hydrogens is 194 g/mol. The number of ether oxygens (including phenoxy) is 1. The number of nitrogens with one attached hydrogen (secondary N) is 1. The average molecular weight is 205 g/mol. The summed E-state index contributed by atoms with van der Waals surface area (Å²) in [7, 11) is 0. The van der Waals surface area contributed by atoms with Crippen LogP contribution in [0.3, 0.4) is 0 Å². The SMILES string of the molecule is CC1(C)Cc2c(ccc3[nH]c(=O)oc23)O1. The van der Waals surface area contributed by atoms with Crippen LogP contribution in [0, 0.1) is 0 Å². The number of benzene rings is 1. The van der Waals surface area contributed by atoms with Gasteiger partial charge in [0.1, 0.15) is 11.4 Å². The third kappa shape index (κ3) is 1.17. The number of hydrogen-bond acceptors (Lipinski definition) is 3. The van der Waals surface area contributed by atoms with E-state index in [9.17, 15) is 4.79 Å². The molecule has 4 nitrogen and oxygen atoms in total. The number of oxazole rings is 1. The Kier molecular flexibility index (Phi) is 1.40. The lowest BCUT2D eigenvalue weighted by molar-refractivity contribution is 0.138. The monoisotopic (exact) mass is 205 g/mol. The van der Waals surface area contributed by atoms with Gasteiger partial charge in [0.05, 0.1) is 5.52 Å². The molecule has 0 fully saturated rings. The van der Waals surface area contributed by atoms with Gasteiger partial charge in [-0.05, 0) is 26.0 Å². The molecule has 0 aliphatic carbocycles. The van der Waals surface area contributed by atoms with E-state index in [1.165, 1.54) is 0 Å². The minimum Gasteiger partial charge on any atom is -0.487 e. The van der Waals surface area contributed by atoms with Crippen LogP contribution in [0.25, 0.3) is 11.1 Å². The third-order valence-electron chi connectivity index (χ3n) is 2.64. The van der Waals surface area contributed by atoms with Gasteiger partial charge in [0.15, 0.2) is 5.58 Å². The molecule has 78 valence electrons. The minimum absolute atomic E-state index is 0.216. The molecule has 0 bridgehead atoms. The lowest BCUT2D eigenvalue weighted by Crippen LogP contribution is -2.24. The summed E-state index contributed by atoms with van der Waals surface area (Å²) in [5, 5.41) is 0. The Morgan fingerprint density at radius 3 is 3.00 bits per heavy atom. The largest absolute Gasteiger partial charge is 0.487 e. The lowest BCUT2D eigenvalue weighted by Gasteiger charge is -2.16. The summed E-state index contributed by atoms with van der Waals surface area (Å²) in [5.41, 5.74) is 2.13. The van der Waals surface area contributed by atoms with Crippen LogP contribution in [0.1, 0.15) is 19.4 Å². The molecule has 2 heterocycles. The molecule has 0 atom stereocenters. The van der Waals surface area contributed by atoms with Crippen molar-refractivity contribution in [2.75, 3.05) is 0 Å². The van der Waals surface area contributed by atoms with Crippen LogP contribution in [0.15, 0.2) is 21.3 Å². The maximum atomic E-state index is 11.1. The van der Waals surface area contributed by atoms with Gasteiger partial charge in [-0.15, -0.1) is 0 Å². The molecule has 1 aliphatic rings.